The summed E-state index contributed by atoms with van der Waals surface area (Å²) >= 11 is 0. The van der Waals surface area contributed by atoms with E-state index in [0.717, 1.165) is 5.56 Å². The van der Waals surface area contributed by atoms with Gasteiger partial charge in [0.1, 0.15) is 11.8 Å². The molecule has 0 bridgehead atoms. The highest BCUT2D eigenvalue weighted by Crippen LogP contribution is 2.36. The van der Waals surface area contributed by atoms with Crippen LogP contribution in [0.25, 0.3) is 0 Å². The number of benzene rings is 1. The van der Waals surface area contributed by atoms with E-state index in [-0.39, 0.29) is 23.6 Å². The molecule has 18 heavy (non-hydrogen) atoms. The summed E-state index contributed by atoms with van der Waals surface area (Å²) in [6.07, 6.45) is 0. The molecule has 0 spiro atoms. The van der Waals surface area contributed by atoms with E-state index in [1.165, 1.54) is 0 Å². The molecule has 1 aromatic rings. The van der Waals surface area contributed by atoms with Gasteiger partial charge in [0, 0.05) is 7.05 Å². The van der Waals surface area contributed by atoms with Crippen molar-refractivity contribution < 1.29 is 14.7 Å². The van der Waals surface area contributed by atoms with Gasteiger partial charge in [-0.25, -0.2) is 10.4 Å². The molecule has 94 valence electrons. The van der Waals surface area contributed by atoms with Gasteiger partial charge in [0.2, 0.25) is 11.8 Å². The fourth-order valence-corrected chi connectivity index (χ4v) is 2.68. The highest BCUT2D eigenvalue weighted by atomic mass is 16.3. The lowest BCUT2D eigenvalue weighted by Crippen LogP contribution is -2.41. The summed E-state index contributed by atoms with van der Waals surface area (Å²) in [6, 6.07) is 5.93. The number of nitrogens with one attached hydrogen (secondary N) is 2. The molecule has 2 heterocycles. The van der Waals surface area contributed by atoms with Gasteiger partial charge < -0.3 is 5.11 Å². The lowest BCUT2D eigenvalue weighted by atomic mass is 9.91. The molecule has 0 radical (unpaired) electrons. The second-order valence-corrected chi connectivity index (χ2v) is 4.63. The van der Waals surface area contributed by atoms with Gasteiger partial charge in [0.05, 0.1) is 12.0 Å². The van der Waals surface area contributed by atoms with Crippen molar-refractivity contribution in [3.05, 3.63) is 29.8 Å². The van der Waals surface area contributed by atoms with Gasteiger partial charge >= 0.3 is 0 Å². The van der Waals surface area contributed by atoms with Crippen LogP contribution in [0.4, 0.5) is 0 Å². The Morgan fingerprint density at radius 3 is 2.50 bits per heavy atom. The predicted molar refractivity (Wildman–Crippen MR) is 62.2 cm³/mol. The van der Waals surface area contributed by atoms with Gasteiger partial charge in [-0.05, 0) is 17.7 Å². The first kappa shape index (κ1) is 11.2. The Kier molecular flexibility index (Phi) is 2.36. The lowest BCUT2D eigenvalue weighted by molar-refractivity contribution is -0.127. The third-order valence-corrected chi connectivity index (χ3v) is 3.53. The number of phenolic OH excluding ortho intramolecular Hbond substituents is 1. The van der Waals surface area contributed by atoms with Crippen LogP contribution in [0, 0.1) is 5.92 Å². The number of aromatic hydroxyl groups is 1. The third-order valence-electron chi connectivity index (χ3n) is 3.53. The quantitative estimate of drug-likeness (QED) is 0.584. The topological polar surface area (TPSA) is 81.7 Å². The summed E-state index contributed by atoms with van der Waals surface area (Å²) in [7, 11) is 1.75. The van der Waals surface area contributed by atoms with Crippen LogP contribution in [0.1, 0.15) is 11.6 Å². The van der Waals surface area contributed by atoms with Crippen molar-refractivity contribution in [2.75, 3.05) is 7.05 Å². The first-order valence-corrected chi connectivity index (χ1v) is 5.70. The number of amides is 2. The number of nitrogens with zero attached hydrogens (tertiary/aromatic N) is 1. The van der Waals surface area contributed by atoms with Crippen molar-refractivity contribution in [3.8, 4) is 5.75 Å². The summed E-state index contributed by atoms with van der Waals surface area (Å²) in [5, 5.41) is 13.3. The Morgan fingerprint density at radius 1 is 1.17 bits per heavy atom. The molecule has 3 rings (SSSR count). The molecule has 2 amide bonds. The largest absolute Gasteiger partial charge is 0.508 e. The number of phenols is 1. The first-order valence-electron chi connectivity index (χ1n) is 5.70. The van der Waals surface area contributed by atoms with Gasteiger partial charge in [-0.1, -0.05) is 12.1 Å². The average molecular weight is 247 g/mol. The average Bonchev–Trinajstić information content (AvgIpc) is 2.81. The van der Waals surface area contributed by atoms with Gasteiger partial charge in [-0.15, -0.1) is 0 Å². The van der Waals surface area contributed by atoms with Crippen molar-refractivity contribution in [1.29, 1.82) is 0 Å². The summed E-state index contributed by atoms with van der Waals surface area (Å²) in [5.74, 6) is -0.762. The molecule has 2 aliphatic heterocycles. The number of carbonyl (C=O) groups is 2. The van der Waals surface area contributed by atoms with E-state index < -0.39 is 12.0 Å². The highest BCUT2D eigenvalue weighted by molar-refractivity contribution is 6.07. The number of hydrogen-bond acceptors (Lipinski definition) is 5. The second kappa shape index (κ2) is 3.79. The standard InChI is InChI=1S/C12H13N3O3/c1-15-10-8(11(17)13-12(10)18)9(14-15)6-2-4-7(16)5-3-6/h2-5,8-10,14,16H,1H3,(H,13,17,18)/t8-,9-,10+/m1/s1. The maximum absolute atomic E-state index is 11.8. The fourth-order valence-electron chi connectivity index (χ4n) is 2.68. The minimum Gasteiger partial charge on any atom is -0.508 e. The van der Waals surface area contributed by atoms with Crippen molar-refractivity contribution in [2.45, 2.75) is 12.1 Å². The van der Waals surface area contributed by atoms with Gasteiger partial charge in [-0.3, -0.25) is 14.9 Å². The van der Waals surface area contributed by atoms with E-state index in [4.69, 9.17) is 0 Å². The zero-order valence-electron chi connectivity index (χ0n) is 9.75. The van der Waals surface area contributed by atoms with Gasteiger partial charge in [0.25, 0.3) is 0 Å². The Labute approximate surface area is 104 Å². The third kappa shape index (κ3) is 1.50. The molecule has 0 unspecified atom stereocenters. The second-order valence-electron chi connectivity index (χ2n) is 4.63. The molecule has 1 aromatic carbocycles. The van der Waals surface area contributed by atoms with Crippen LogP contribution in [0.3, 0.4) is 0 Å². The number of carbonyl (C=O) groups excluding carboxylic acids is 2. The molecule has 6 heteroatoms. The number of rotatable bonds is 1. The minimum atomic E-state index is -0.462. The molecule has 3 atom stereocenters. The van der Waals surface area contributed by atoms with Crippen LogP contribution >= 0.6 is 0 Å². The Balaban J connectivity index is 1.96. The number of hydrogen-bond donors (Lipinski definition) is 3. The van der Waals surface area contributed by atoms with Crippen molar-refractivity contribution in [1.82, 2.24) is 15.8 Å². The van der Waals surface area contributed by atoms with Crippen molar-refractivity contribution in [3.63, 3.8) is 0 Å². The molecule has 3 N–H and O–H groups in total. The zero-order valence-corrected chi connectivity index (χ0v) is 9.75. The van der Waals surface area contributed by atoms with E-state index in [1.807, 2.05) is 0 Å². The highest BCUT2D eigenvalue weighted by Gasteiger charge is 2.53. The van der Waals surface area contributed by atoms with E-state index >= 15 is 0 Å². The summed E-state index contributed by atoms with van der Waals surface area (Å²) < 4.78 is 0. The van der Waals surface area contributed by atoms with Crippen LogP contribution in [0.2, 0.25) is 0 Å². The van der Waals surface area contributed by atoms with E-state index in [0.29, 0.717) is 0 Å². The Hall–Kier alpha value is -1.92. The SMILES string of the molecule is CN1N[C@H](c2ccc(O)cc2)[C@H]2C(=O)NC(=O)[C@H]21. The maximum Gasteiger partial charge on any atom is 0.246 e. The summed E-state index contributed by atoms with van der Waals surface area (Å²) in [6.45, 7) is 0. The number of hydrazine groups is 1. The molecular formula is C12H13N3O3. The molecule has 6 nitrogen and oxygen atoms in total. The van der Waals surface area contributed by atoms with Crippen molar-refractivity contribution in [2.24, 2.45) is 5.92 Å². The van der Waals surface area contributed by atoms with E-state index in [1.54, 1.807) is 36.3 Å². The van der Waals surface area contributed by atoms with Crippen molar-refractivity contribution >= 4 is 11.8 Å². The smallest absolute Gasteiger partial charge is 0.246 e. The number of fused-ring (bicyclic) bond motifs is 1. The predicted octanol–water partition coefficient (Wildman–Crippen LogP) is -0.476. The van der Waals surface area contributed by atoms with E-state index in [9.17, 15) is 14.7 Å². The first-order chi connectivity index (χ1) is 8.58. The van der Waals surface area contributed by atoms with Crippen LogP contribution in [-0.2, 0) is 9.59 Å². The van der Waals surface area contributed by atoms with Crippen LogP contribution in [0.15, 0.2) is 24.3 Å². The molecule has 2 saturated heterocycles. The summed E-state index contributed by atoms with van der Waals surface area (Å²) in [5.41, 5.74) is 3.99. The zero-order chi connectivity index (χ0) is 12.9. The Bertz CT molecular complexity index is 514. The summed E-state index contributed by atoms with van der Waals surface area (Å²) in [4.78, 5) is 23.5. The van der Waals surface area contributed by atoms with Crippen LogP contribution in [0.5, 0.6) is 5.75 Å². The Morgan fingerprint density at radius 2 is 1.83 bits per heavy atom. The van der Waals surface area contributed by atoms with E-state index in [2.05, 4.69) is 10.7 Å². The van der Waals surface area contributed by atoms with Crippen LogP contribution < -0.4 is 10.7 Å². The fraction of sp³-hybridized carbons (Fsp3) is 0.333. The molecule has 2 fully saturated rings. The molecule has 2 aliphatic rings. The maximum atomic E-state index is 11.8. The van der Waals surface area contributed by atoms with Gasteiger partial charge in [0.15, 0.2) is 0 Å². The molecular weight excluding hydrogens is 234 g/mol. The molecule has 0 saturated carbocycles. The number of likely N-dealkylation sites (N-methyl/N-ethyl adjacent to an activating group) is 1. The monoisotopic (exact) mass is 247 g/mol. The number of imide groups is 1. The molecule has 0 aliphatic carbocycles. The lowest BCUT2D eigenvalue weighted by Gasteiger charge is -2.17. The minimum absolute atomic E-state index is 0.175. The normalized spacial score (nSPS) is 31.5. The molecule has 0 aromatic heterocycles. The van der Waals surface area contributed by atoms with Crippen LogP contribution in [-0.4, -0.2) is 35.0 Å². The van der Waals surface area contributed by atoms with Gasteiger partial charge in [-0.2, -0.15) is 0 Å².